The van der Waals surface area contributed by atoms with Gasteiger partial charge in [0.05, 0.1) is 0 Å². The molecule has 0 spiro atoms. The lowest BCUT2D eigenvalue weighted by atomic mass is 9.88. The Labute approximate surface area is 231 Å². The Morgan fingerprint density at radius 1 is 0.306 bits per heavy atom. The molecule has 0 amide bonds. The van der Waals surface area contributed by atoms with E-state index in [1.54, 1.807) is 0 Å². The molecule has 36 heavy (non-hydrogen) atoms. The van der Waals surface area contributed by atoms with E-state index in [4.69, 9.17) is 0 Å². The first-order valence-electron chi connectivity index (χ1n) is 17.5. The third-order valence-corrected chi connectivity index (χ3v) is 10.0. The van der Waals surface area contributed by atoms with E-state index in [2.05, 4.69) is 34.6 Å². The molecule has 0 aromatic rings. The second-order valence-corrected chi connectivity index (χ2v) is 13.7. The van der Waals surface area contributed by atoms with Crippen LogP contribution in [-0.2, 0) is 0 Å². The first kappa shape index (κ1) is 34.0. The minimum absolute atomic E-state index is 1.03. The number of rotatable bonds is 2. The quantitative estimate of drug-likeness (QED) is 0.328. The van der Waals surface area contributed by atoms with Gasteiger partial charge in [0, 0.05) is 0 Å². The fourth-order valence-corrected chi connectivity index (χ4v) is 6.93. The van der Waals surface area contributed by atoms with Gasteiger partial charge in [-0.15, -0.1) is 0 Å². The van der Waals surface area contributed by atoms with E-state index in [9.17, 15) is 0 Å². The summed E-state index contributed by atoms with van der Waals surface area (Å²) in [6, 6.07) is 0. The summed E-state index contributed by atoms with van der Waals surface area (Å²) < 4.78 is 0. The van der Waals surface area contributed by atoms with Gasteiger partial charge in [-0.3, -0.25) is 0 Å². The van der Waals surface area contributed by atoms with E-state index in [1.165, 1.54) is 167 Å². The summed E-state index contributed by atoms with van der Waals surface area (Å²) in [5.41, 5.74) is 0. The van der Waals surface area contributed by atoms with E-state index < -0.39 is 0 Å². The van der Waals surface area contributed by atoms with Crippen molar-refractivity contribution < 1.29 is 0 Å². The lowest BCUT2D eigenvalue weighted by molar-refractivity contribution is 0.349. The molecular formula is C36H72. The molecule has 5 rings (SSSR count). The lowest BCUT2D eigenvalue weighted by Crippen LogP contribution is -2.03. The van der Waals surface area contributed by atoms with Crippen molar-refractivity contribution in [2.75, 3.05) is 0 Å². The van der Waals surface area contributed by atoms with Gasteiger partial charge >= 0.3 is 0 Å². The normalized spacial score (nSPS) is 24.6. The third-order valence-electron chi connectivity index (χ3n) is 10.0. The molecule has 216 valence electrons. The highest BCUT2D eigenvalue weighted by Crippen LogP contribution is 2.27. The summed E-state index contributed by atoms with van der Waals surface area (Å²) in [5.74, 6) is 5.29. The van der Waals surface area contributed by atoms with Crippen molar-refractivity contribution in [3.8, 4) is 0 Å². The molecule has 0 bridgehead atoms. The molecule has 0 N–H and O–H groups in total. The van der Waals surface area contributed by atoms with Crippen LogP contribution >= 0.6 is 0 Å². The first-order chi connectivity index (χ1) is 17.5. The second-order valence-electron chi connectivity index (χ2n) is 13.7. The fraction of sp³-hybridized carbons (Fsp3) is 1.00. The minimum Gasteiger partial charge on any atom is -0.0651 e. The molecule has 0 heteroatoms. The molecule has 0 radical (unpaired) electrons. The predicted molar refractivity (Wildman–Crippen MR) is 166 cm³/mol. The Morgan fingerprint density at radius 3 is 0.722 bits per heavy atom. The molecular weight excluding hydrogens is 432 g/mol. The van der Waals surface area contributed by atoms with E-state index in [0.717, 1.165) is 29.6 Å². The van der Waals surface area contributed by atoms with Gasteiger partial charge in [-0.2, -0.15) is 0 Å². The zero-order valence-electron chi connectivity index (χ0n) is 26.3. The van der Waals surface area contributed by atoms with E-state index in [-0.39, 0.29) is 0 Å². The van der Waals surface area contributed by atoms with E-state index in [1.807, 2.05) is 0 Å². The van der Waals surface area contributed by atoms with Crippen LogP contribution in [0.5, 0.6) is 0 Å². The zero-order chi connectivity index (χ0) is 26.3. The van der Waals surface area contributed by atoms with Crippen molar-refractivity contribution >= 4 is 0 Å². The summed E-state index contributed by atoms with van der Waals surface area (Å²) >= 11 is 0. The van der Waals surface area contributed by atoms with Crippen molar-refractivity contribution in [2.45, 2.75) is 202 Å². The van der Waals surface area contributed by atoms with Crippen molar-refractivity contribution in [3.63, 3.8) is 0 Å². The highest BCUT2D eigenvalue weighted by Gasteiger charge is 2.11. The lowest BCUT2D eigenvalue weighted by Gasteiger charge is -2.18. The second kappa shape index (κ2) is 24.1. The van der Waals surface area contributed by atoms with Crippen LogP contribution in [0.4, 0.5) is 0 Å². The van der Waals surface area contributed by atoms with E-state index in [0.29, 0.717) is 0 Å². The minimum atomic E-state index is 1.03. The highest BCUT2D eigenvalue weighted by molar-refractivity contribution is 4.65. The summed E-state index contributed by atoms with van der Waals surface area (Å²) in [6.07, 6.45) is 38.7. The SMILES string of the molecule is CC1CCCC1.CC1CCCCC1.CC1CCCCCC1.CCC1CCCC1.CCC1CCCCC1. The predicted octanol–water partition coefficient (Wildman–Crippen LogP) is 13.3. The van der Waals surface area contributed by atoms with Crippen LogP contribution in [0.15, 0.2) is 0 Å². The van der Waals surface area contributed by atoms with Gasteiger partial charge in [-0.25, -0.2) is 0 Å². The maximum Gasteiger partial charge on any atom is -0.0417 e. The van der Waals surface area contributed by atoms with Crippen molar-refractivity contribution in [3.05, 3.63) is 0 Å². The van der Waals surface area contributed by atoms with Crippen molar-refractivity contribution in [1.29, 1.82) is 0 Å². The molecule has 0 heterocycles. The Bertz CT molecular complexity index is 407. The van der Waals surface area contributed by atoms with Crippen molar-refractivity contribution in [1.82, 2.24) is 0 Å². The van der Waals surface area contributed by atoms with Gasteiger partial charge < -0.3 is 0 Å². The zero-order valence-corrected chi connectivity index (χ0v) is 26.3. The summed E-state index contributed by atoms with van der Waals surface area (Å²) in [7, 11) is 0. The van der Waals surface area contributed by atoms with Crippen LogP contribution in [-0.4, -0.2) is 0 Å². The maximum atomic E-state index is 2.38. The molecule has 5 aliphatic carbocycles. The molecule has 0 nitrogen and oxygen atoms in total. The van der Waals surface area contributed by atoms with Gasteiger partial charge in [0.2, 0.25) is 0 Å². The summed E-state index contributed by atoms with van der Waals surface area (Å²) in [5, 5.41) is 0. The fourth-order valence-electron chi connectivity index (χ4n) is 6.93. The highest BCUT2D eigenvalue weighted by atomic mass is 14.2. The summed E-state index contributed by atoms with van der Waals surface area (Å²) in [6.45, 7) is 11.7. The molecule has 5 saturated carbocycles. The molecule has 0 unspecified atom stereocenters. The summed E-state index contributed by atoms with van der Waals surface area (Å²) in [4.78, 5) is 0. The number of hydrogen-bond acceptors (Lipinski definition) is 0. The Kier molecular flexibility index (Phi) is 22.8. The Balaban J connectivity index is 0.000000226. The average Bonchev–Trinajstić information content (AvgIpc) is 3.57. The van der Waals surface area contributed by atoms with Crippen LogP contribution in [0.1, 0.15) is 202 Å². The molecule has 5 aliphatic rings. The van der Waals surface area contributed by atoms with Gasteiger partial charge in [0.15, 0.2) is 0 Å². The van der Waals surface area contributed by atoms with E-state index >= 15 is 0 Å². The molecule has 0 aromatic carbocycles. The topological polar surface area (TPSA) is 0 Å². The first-order valence-corrected chi connectivity index (χ1v) is 17.5. The van der Waals surface area contributed by atoms with Gasteiger partial charge in [0.25, 0.3) is 0 Å². The largest absolute Gasteiger partial charge is 0.0651 e. The molecule has 5 fully saturated rings. The van der Waals surface area contributed by atoms with Gasteiger partial charge in [-0.1, -0.05) is 202 Å². The maximum absolute atomic E-state index is 2.38. The standard InChI is InChI=1S/2C8H16.2C7H14.C6H12/c1-8-6-4-2-3-5-7-8;1-2-8-6-4-3-5-7-8;1-7-5-3-2-4-6-7;1-2-7-5-3-4-6-7;1-6-4-2-3-5-6/h2*8H,2-7H2,1H3;2*7H,2-6H2,1H3;6H,2-5H2,1H3. The molecule has 0 aliphatic heterocycles. The molecule has 0 atom stereocenters. The molecule has 0 saturated heterocycles. The Hall–Kier alpha value is 0. The number of hydrogen-bond donors (Lipinski definition) is 0. The van der Waals surface area contributed by atoms with Crippen LogP contribution in [0.3, 0.4) is 0 Å². The van der Waals surface area contributed by atoms with Crippen LogP contribution in [0.25, 0.3) is 0 Å². The van der Waals surface area contributed by atoms with Crippen LogP contribution in [0.2, 0.25) is 0 Å². The third kappa shape index (κ3) is 20.0. The monoisotopic (exact) mass is 505 g/mol. The van der Waals surface area contributed by atoms with Gasteiger partial charge in [0.1, 0.15) is 0 Å². The van der Waals surface area contributed by atoms with Crippen molar-refractivity contribution in [2.24, 2.45) is 29.6 Å². The molecule has 0 aromatic heterocycles. The average molecular weight is 505 g/mol. The van der Waals surface area contributed by atoms with Crippen LogP contribution in [0, 0.1) is 29.6 Å². The van der Waals surface area contributed by atoms with Crippen LogP contribution < -0.4 is 0 Å². The van der Waals surface area contributed by atoms with Gasteiger partial charge in [-0.05, 0) is 29.6 Å². The smallest absolute Gasteiger partial charge is 0.0417 e. The Morgan fingerprint density at radius 2 is 0.500 bits per heavy atom.